The molecule has 1 aliphatic heterocycles. The summed E-state index contributed by atoms with van der Waals surface area (Å²) < 4.78 is 1.25. The van der Waals surface area contributed by atoms with Gasteiger partial charge in [0, 0.05) is 16.9 Å². The summed E-state index contributed by atoms with van der Waals surface area (Å²) >= 11 is 3.61. The fourth-order valence-electron chi connectivity index (χ4n) is 2.00. The summed E-state index contributed by atoms with van der Waals surface area (Å²) in [4.78, 5) is 0. The van der Waals surface area contributed by atoms with Gasteiger partial charge in [0.2, 0.25) is 0 Å². The molecule has 2 rings (SSSR count). The van der Waals surface area contributed by atoms with Crippen molar-refractivity contribution in [3.8, 4) is 0 Å². The van der Waals surface area contributed by atoms with Crippen molar-refractivity contribution in [3.63, 3.8) is 0 Å². The van der Waals surface area contributed by atoms with Gasteiger partial charge in [-0.3, -0.25) is 0 Å². The Balaban J connectivity index is 2.29. The quantitative estimate of drug-likeness (QED) is 0.795. The third-order valence-corrected chi connectivity index (χ3v) is 3.54. The zero-order valence-corrected chi connectivity index (χ0v) is 9.34. The molecule has 0 amide bonds. The van der Waals surface area contributed by atoms with Crippen LogP contribution in [0.4, 0.5) is 0 Å². The van der Waals surface area contributed by atoms with Gasteiger partial charge >= 0.3 is 0 Å². The minimum absolute atomic E-state index is 0.676. The molecule has 1 aromatic rings. The van der Waals surface area contributed by atoms with Crippen LogP contribution in [0.25, 0.3) is 0 Å². The van der Waals surface area contributed by atoms with Crippen LogP contribution in [0, 0.1) is 5.92 Å². The monoisotopic (exact) mass is 239 g/mol. The highest BCUT2D eigenvalue weighted by atomic mass is 79.9. The molecule has 1 aromatic carbocycles. The van der Waals surface area contributed by atoms with E-state index in [1.54, 1.807) is 0 Å². The fourth-order valence-corrected chi connectivity index (χ4v) is 2.58. The summed E-state index contributed by atoms with van der Waals surface area (Å²) in [6.45, 7) is 4.57. The Morgan fingerprint density at radius 2 is 2.08 bits per heavy atom. The highest BCUT2D eigenvalue weighted by Crippen LogP contribution is 2.32. The van der Waals surface area contributed by atoms with Crippen LogP contribution in [0.15, 0.2) is 28.7 Å². The highest BCUT2D eigenvalue weighted by molar-refractivity contribution is 9.10. The summed E-state index contributed by atoms with van der Waals surface area (Å²) in [5.74, 6) is 1.43. The zero-order valence-electron chi connectivity index (χ0n) is 7.76. The topological polar surface area (TPSA) is 12.0 Å². The van der Waals surface area contributed by atoms with Crippen molar-refractivity contribution in [1.29, 1.82) is 0 Å². The number of nitrogens with one attached hydrogen (secondary N) is 1. The first kappa shape index (κ1) is 9.22. The number of hydrogen-bond donors (Lipinski definition) is 1. The summed E-state index contributed by atoms with van der Waals surface area (Å²) in [7, 11) is 0. The number of rotatable bonds is 1. The minimum atomic E-state index is 0.676. The summed E-state index contributed by atoms with van der Waals surface area (Å²) in [5.41, 5.74) is 1.44. The van der Waals surface area contributed by atoms with Gasteiger partial charge in [0.05, 0.1) is 0 Å². The molecule has 1 aliphatic rings. The van der Waals surface area contributed by atoms with Crippen LogP contribution in [0.3, 0.4) is 0 Å². The lowest BCUT2D eigenvalue weighted by Crippen LogP contribution is -2.08. The maximum atomic E-state index is 3.61. The van der Waals surface area contributed by atoms with Crippen molar-refractivity contribution in [1.82, 2.24) is 5.32 Å². The molecule has 1 saturated heterocycles. The standard InChI is InChI=1S/C11H14BrN/c1-8-6-13-7-10(8)9-4-2-3-5-11(9)12/h2-5,8,10,13H,6-7H2,1H3. The van der Waals surface area contributed by atoms with Crippen molar-refractivity contribution < 1.29 is 0 Å². The Morgan fingerprint density at radius 1 is 1.31 bits per heavy atom. The molecule has 2 unspecified atom stereocenters. The van der Waals surface area contributed by atoms with Gasteiger partial charge in [-0.2, -0.15) is 0 Å². The Hall–Kier alpha value is -0.340. The van der Waals surface area contributed by atoms with E-state index in [1.165, 1.54) is 10.0 Å². The zero-order chi connectivity index (χ0) is 9.26. The average Bonchev–Trinajstić information content (AvgIpc) is 2.52. The van der Waals surface area contributed by atoms with Crippen molar-refractivity contribution in [3.05, 3.63) is 34.3 Å². The van der Waals surface area contributed by atoms with Gasteiger partial charge in [0.25, 0.3) is 0 Å². The van der Waals surface area contributed by atoms with Gasteiger partial charge < -0.3 is 5.32 Å². The third kappa shape index (κ3) is 1.79. The molecule has 0 radical (unpaired) electrons. The average molecular weight is 240 g/mol. The van der Waals surface area contributed by atoms with Crippen molar-refractivity contribution in [2.45, 2.75) is 12.8 Å². The van der Waals surface area contributed by atoms with E-state index in [0.29, 0.717) is 5.92 Å². The Kier molecular flexibility index (Phi) is 2.70. The predicted molar refractivity (Wildman–Crippen MR) is 58.9 cm³/mol. The van der Waals surface area contributed by atoms with Gasteiger partial charge in [0.1, 0.15) is 0 Å². The summed E-state index contributed by atoms with van der Waals surface area (Å²) in [5, 5.41) is 3.43. The van der Waals surface area contributed by atoms with Gasteiger partial charge in [-0.1, -0.05) is 41.1 Å². The molecule has 0 spiro atoms. The van der Waals surface area contributed by atoms with Crippen LogP contribution in [0.5, 0.6) is 0 Å². The van der Waals surface area contributed by atoms with E-state index in [1.807, 2.05) is 0 Å². The molecule has 0 saturated carbocycles. The number of hydrogen-bond acceptors (Lipinski definition) is 1. The summed E-state index contributed by atoms with van der Waals surface area (Å²) in [6, 6.07) is 8.53. The fraction of sp³-hybridized carbons (Fsp3) is 0.455. The SMILES string of the molecule is CC1CNCC1c1ccccc1Br. The van der Waals surface area contributed by atoms with Crippen molar-refractivity contribution in [2.75, 3.05) is 13.1 Å². The van der Waals surface area contributed by atoms with Crippen LogP contribution >= 0.6 is 15.9 Å². The molecular formula is C11H14BrN. The van der Waals surface area contributed by atoms with E-state index in [-0.39, 0.29) is 0 Å². The third-order valence-electron chi connectivity index (χ3n) is 2.82. The van der Waals surface area contributed by atoms with Gasteiger partial charge in [-0.15, -0.1) is 0 Å². The Bertz CT molecular complexity index is 298. The van der Waals surface area contributed by atoms with E-state index in [4.69, 9.17) is 0 Å². The first-order valence-electron chi connectivity index (χ1n) is 4.74. The largest absolute Gasteiger partial charge is 0.316 e. The normalized spacial score (nSPS) is 27.8. The molecule has 1 fully saturated rings. The smallest absolute Gasteiger partial charge is 0.0210 e. The van der Waals surface area contributed by atoms with Crippen LogP contribution < -0.4 is 5.32 Å². The summed E-state index contributed by atoms with van der Waals surface area (Å²) in [6.07, 6.45) is 0. The van der Waals surface area contributed by atoms with Crippen molar-refractivity contribution >= 4 is 15.9 Å². The molecule has 2 heteroatoms. The maximum Gasteiger partial charge on any atom is 0.0210 e. The molecule has 0 aliphatic carbocycles. The van der Waals surface area contributed by atoms with Crippen molar-refractivity contribution in [2.24, 2.45) is 5.92 Å². The van der Waals surface area contributed by atoms with Crippen LogP contribution in [0.1, 0.15) is 18.4 Å². The molecule has 2 atom stereocenters. The molecule has 0 aromatic heterocycles. The number of halogens is 1. The van der Waals surface area contributed by atoms with Gasteiger partial charge in [-0.05, 0) is 24.1 Å². The predicted octanol–water partition coefficient (Wildman–Crippen LogP) is 2.77. The highest BCUT2D eigenvalue weighted by Gasteiger charge is 2.25. The van der Waals surface area contributed by atoms with E-state index in [9.17, 15) is 0 Å². The second-order valence-electron chi connectivity index (χ2n) is 3.76. The van der Waals surface area contributed by atoms with Crippen LogP contribution in [0.2, 0.25) is 0 Å². The molecule has 13 heavy (non-hydrogen) atoms. The molecule has 1 heterocycles. The molecule has 0 bridgehead atoms. The molecular weight excluding hydrogens is 226 g/mol. The van der Waals surface area contributed by atoms with E-state index in [2.05, 4.69) is 52.4 Å². The van der Waals surface area contributed by atoms with E-state index >= 15 is 0 Å². The van der Waals surface area contributed by atoms with E-state index in [0.717, 1.165) is 19.0 Å². The lowest BCUT2D eigenvalue weighted by Gasteiger charge is -2.15. The minimum Gasteiger partial charge on any atom is -0.316 e. The lowest BCUT2D eigenvalue weighted by molar-refractivity contribution is 0.570. The van der Waals surface area contributed by atoms with Crippen LogP contribution in [-0.4, -0.2) is 13.1 Å². The first-order chi connectivity index (χ1) is 6.29. The van der Waals surface area contributed by atoms with Crippen LogP contribution in [-0.2, 0) is 0 Å². The number of benzene rings is 1. The molecule has 1 N–H and O–H groups in total. The lowest BCUT2D eigenvalue weighted by atomic mass is 9.90. The van der Waals surface area contributed by atoms with E-state index < -0.39 is 0 Å². The maximum absolute atomic E-state index is 3.61. The Labute approximate surface area is 87.7 Å². The van der Waals surface area contributed by atoms with Gasteiger partial charge in [0.15, 0.2) is 0 Å². The first-order valence-corrected chi connectivity index (χ1v) is 5.53. The second kappa shape index (κ2) is 3.81. The second-order valence-corrected chi connectivity index (χ2v) is 4.62. The Morgan fingerprint density at radius 3 is 2.69 bits per heavy atom. The molecule has 1 nitrogen and oxygen atoms in total. The van der Waals surface area contributed by atoms with Gasteiger partial charge in [-0.25, -0.2) is 0 Å². The molecule has 70 valence electrons.